The molecule has 0 aromatic heterocycles. The van der Waals surface area contributed by atoms with Crippen molar-refractivity contribution in [2.24, 2.45) is 0 Å². The van der Waals surface area contributed by atoms with E-state index in [1.165, 1.54) is 0 Å². The number of carbonyl (C=O) groups excluding carboxylic acids is 3. The second kappa shape index (κ2) is 8.49. The molecule has 0 spiro atoms. The summed E-state index contributed by atoms with van der Waals surface area (Å²) in [5.74, 6) is -0.488. The lowest BCUT2D eigenvalue weighted by atomic mass is 10.1. The number of carbonyl (C=O) groups is 3. The Morgan fingerprint density at radius 2 is 1.28 bits per heavy atom. The number of ether oxygens (including phenoxy) is 1. The van der Waals surface area contributed by atoms with Crippen molar-refractivity contribution in [3.05, 3.63) is 59.7 Å². The minimum Gasteiger partial charge on any atom is -0.450 e. The first-order valence-electron chi connectivity index (χ1n) is 7.71. The van der Waals surface area contributed by atoms with Gasteiger partial charge in [-0.3, -0.25) is 14.9 Å². The Morgan fingerprint density at radius 3 is 1.76 bits per heavy atom. The van der Waals surface area contributed by atoms with Crippen molar-refractivity contribution in [3.63, 3.8) is 0 Å². The summed E-state index contributed by atoms with van der Waals surface area (Å²) in [5, 5.41) is 7.82. The minimum absolute atomic E-state index is 0.192. The van der Waals surface area contributed by atoms with E-state index in [4.69, 9.17) is 4.74 Å². The Morgan fingerprint density at radius 1 is 0.800 bits per heavy atom. The van der Waals surface area contributed by atoms with Gasteiger partial charge in [-0.25, -0.2) is 4.79 Å². The molecular weight excluding hydrogens is 322 g/mol. The van der Waals surface area contributed by atoms with Gasteiger partial charge in [0.25, 0.3) is 11.8 Å². The Labute approximate surface area is 145 Å². The van der Waals surface area contributed by atoms with Gasteiger partial charge in [-0.15, -0.1) is 0 Å². The molecule has 7 nitrogen and oxygen atoms in total. The Kier molecular flexibility index (Phi) is 6.11. The average Bonchev–Trinajstić information content (AvgIpc) is 2.62. The van der Waals surface area contributed by atoms with Crippen LogP contribution >= 0.6 is 0 Å². The summed E-state index contributed by atoms with van der Waals surface area (Å²) in [5.41, 5.74) is 2.05. The molecule has 0 saturated heterocycles. The third kappa shape index (κ3) is 5.07. The molecule has 0 aliphatic rings. The van der Waals surface area contributed by atoms with Crippen LogP contribution in [0.4, 0.5) is 16.2 Å². The van der Waals surface area contributed by atoms with Gasteiger partial charge in [0.05, 0.1) is 6.61 Å². The highest BCUT2D eigenvalue weighted by Gasteiger charge is 2.08. The molecule has 0 saturated carbocycles. The zero-order valence-electron chi connectivity index (χ0n) is 14.0. The summed E-state index contributed by atoms with van der Waals surface area (Å²) in [6, 6.07) is 13.0. The largest absolute Gasteiger partial charge is 0.450 e. The van der Waals surface area contributed by atoms with Crippen molar-refractivity contribution in [1.29, 1.82) is 0 Å². The summed E-state index contributed by atoms with van der Waals surface area (Å²) in [7, 11) is 1.55. The minimum atomic E-state index is -0.545. The molecular formula is C18H19N3O4. The van der Waals surface area contributed by atoms with Crippen LogP contribution in [0, 0.1) is 0 Å². The molecule has 130 valence electrons. The summed E-state index contributed by atoms with van der Waals surface area (Å²) in [4.78, 5) is 35.0. The molecule has 0 aliphatic carbocycles. The van der Waals surface area contributed by atoms with Gasteiger partial charge in [0.1, 0.15) is 0 Å². The quantitative estimate of drug-likeness (QED) is 0.779. The average molecular weight is 341 g/mol. The third-order valence-corrected chi connectivity index (χ3v) is 3.30. The smallest absolute Gasteiger partial charge is 0.411 e. The molecule has 25 heavy (non-hydrogen) atoms. The Balaban J connectivity index is 1.98. The van der Waals surface area contributed by atoms with E-state index in [9.17, 15) is 14.4 Å². The predicted molar refractivity (Wildman–Crippen MR) is 94.9 cm³/mol. The lowest BCUT2D eigenvalue weighted by Gasteiger charge is -2.08. The van der Waals surface area contributed by atoms with Crippen LogP contribution in [0.5, 0.6) is 0 Å². The van der Waals surface area contributed by atoms with E-state index in [-0.39, 0.29) is 18.4 Å². The van der Waals surface area contributed by atoms with Crippen LogP contribution in [0.2, 0.25) is 0 Å². The lowest BCUT2D eigenvalue weighted by molar-refractivity contribution is 0.0962. The molecule has 3 N–H and O–H groups in total. The van der Waals surface area contributed by atoms with Crippen molar-refractivity contribution in [2.75, 3.05) is 24.3 Å². The molecule has 0 bridgehead atoms. The van der Waals surface area contributed by atoms with Crippen LogP contribution in [0.25, 0.3) is 0 Å². The highest BCUT2D eigenvalue weighted by Crippen LogP contribution is 2.14. The van der Waals surface area contributed by atoms with E-state index in [2.05, 4.69) is 16.0 Å². The molecule has 0 aliphatic heterocycles. The number of nitrogens with one attached hydrogen (secondary N) is 3. The third-order valence-electron chi connectivity index (χ3n) is 3.30. The number of hydrogen-bond donors (Lipinski definition) is 3. The lowest BCUT2D eigenvalue weighted by Crippen LogP contribution is -2.18. The van der Waals surface area contributed by atoms with Crippen LogP contribution in [0.15, 0.2) is 48.5 Å². The van der Waals surface area contributed by atoms with E-state index < -0.39 is 6.09 Å². The van der Waals surface area contributed by atoms with Gasteiger partial charge < -0.3 is 15.4 Å². The van der Waals surface area contributed by atoms with Crippen molar-refractivity contribution in [1.82, 2.24) is 5.32 Å². The van der Waals surface area contributed by atoms with E-state index in [1.807, 2.05) is 0 Å². The van der Waals surface area contributed by atoms with Crippen LogP contribution < -0.4 is 16.0 Å². The van der Waals surface area contributed by atoms with Gasteiger partial charge in [0.15, 0.2) is 0 Å². The highest BCUT2D eigenvalue weighted by molar-refractivity contribution is 6.05. The maximum absolute atomic E-state index is 12.2. The standard InChI is InChI=1S/C18H19N3O4/c1-3-25-18(24)21-15-10-6-13(7-11-15)17(23)20-14-8-4-12(5-9-14)16(22)19-2/h4-11H,3H2,1-2H3,(H,19,22)(H,20,23)(H,21,24). The zero-order chi connectivity index (χ0) is 18.2. The number of rotatable bonds is 5. The van der Waals surface area contributed by atoms with Gasteiger partial charge in [-0.05, 0) is 55.5 Å². The molecule has 3 amide bonds. The summed E-state index contributed by atoms with van der Waals surface area (Å²) < 4.78 is 4.78. The van der Waals surface area contributed by atoms with Crippen molar-refractivity contribution in [3.8, 4) is 0 Å². The van der Waals surface area contributed by atoms with Crippen LogP contribution in [-0.2, 0) is 4.74 Å². The molecule has 2 rings (SSSR count). The highest BCUT2D eigenvalue weighted by atomic mass is 16.5. The molecule has 2 aromatic carbocycles. The molecule has 0 atom stereocenters. The van der Waals surface area contributed by atoms with Crippen LogP contribution in [0.3, 0.4) is 0 Å². The van der Waals surface area contributed by atoms with Gasteiger partial charge in [-0.2, -0.15) is 0 Å². The van der Waals surface area contributed by atoms with Crippen molar-refractivity contribution < 1.29 is 19.1 Å². The van der Waals surface area contributed by atoms with E-state index in [1.54, 1.807) is 62.5 Å². The molecule has 0 radical (unpaired) electrons. The van der Waals surface area contributed by atoms with Crippen molar-refractivity contribution >= 4 is 29.3 Å². The van der Waals surface area contributed by atoms with Crippen molar-refractivity contribution in [2.45, 2.75) is 6.92 Å². The van der Waals surface area contributed by atoms with Crippen LogP contribution in [0.1, 0.15) is 27.6 Å². The first kappa shape index (κ1) is 18.0. The van der Waals surface area contributed by atoms with E-state index in [0.29, 0.717) is 22.5 Å². The Bertz CT molecular complexity index is 755. The molecule has 0 fully saturated rings. The summed E-state index contributed by atoms with van der Waals surface area (Å²) in [6.07, 6.45) is -0.545. The second-order valence-electron chi connectivity index (χ2n) is 5.03. The normalized spacial score (nSPS) is 9.84. The summed E-state index contributed by atoms with van der Waals surface area (Å²) in [6.45, 7) is 2.00. The maximum atomic E-state index is 12.2. The zero-order valence-corrected chi connectivity index (χ0v) is 14.0. The number of hydrogen-bond acceptors (Lipinski definition) is 4. The second-order valence-corrected chi connectivity index (χ2v) is 5.03. The number of benzene rings is 2. The predicted octanol–water partition coefficient (Wildman–Crippen LogP) is 2.87. The summed E-state index contributed by atoms with van der Waals surface area (Å²) >= 11 is 0. The molecule has 0 heterocycles. The van der Waals surface area contributed by atoms with Gasteiger partial charge in [0.2, 0.25) is 0 Å². The Hall–Kier alpha value is -3.35. The topological polar surface area (TPSA) is 96.5 Å². The fraction of sp³-hybridized carbons (Fsp3) is 0.167. The van der Waals surface area contributed by atoms with Gasteiger partial charge in [-0.1, -0.05) is 0 Å². The SMILES string of the molecule is CCOC(=O)Nc1ccc(C(=O)Nc2ccc(C(=O)NC)cc2)cc1. The fourth-order valence-corrected chi connectivity index (χ4v) is 2.04. The van der Waals surface area contributed by atoms with E-state index in [0.717, 1.165) is 0 Å². The van der Waals surface area contributed by atoms with Gasteiger partial charge in [0, 0.05) is 29.5 Å². The maximum Gasteiger partial charge on any atom is 0.411 e. The first-order chi connectivity index (χ1) is 12.0. The molecule has 2 aromatic rings. The number of anilines is 2. The fourth-order valence-electron chi connectivity index (χ4n) is 2.04. The molecule has 0 unspecified atom stereocenters. The van der Waals surface area contributed by atoms with Crippen LogP contribution in [-0.4, -0.2) is 31.6 Å². The molecule has 7 heteroatoms. The first-order valence-corrected chi connectivity index (χ1v) is 7.71. The monoisotopic (exact) mass is 341 g/mol. The van der Waals surface area contributed by atoms with E-state index >= 15 is 0 Å². The van der Waals surface area contributed by atoms with Gasteiger partial charge >= 0.3 is 6.09 Å². The number of amides is 3.